The van der Waals surface area contributed by atoms with Crippen LogP contribution in [0.25, 0.3) is 6.08 Å². The standard InChI is InChI=1S/C18H21N3OS2/c1-14-15(11-21-7-9-23-10-8-21)3-2-4-17(14)20-18(22)6-5-16-12-24-13-19-16/h2-6,12-13H,7-11H2,1H3,(H,20,22)/b6-5+. The second-order valence-electron chi connectivity index (χ2n) is 5.71. The number of anilines is 1. The van der Waals surface area contributed by atoms with Gasteiger partial charge in [-0.3, -0.25) is 9.69 Å². The Kier molecular flexibility index (Phi) is 6.07. The van der Waals surface area contributed by atoms with Gasteiger partial charge in [0.2, 0.25) is 5.91 Å². The summed E-state index contributed by atoms with van der Waals surface area (Å²) < 4.78 is 0. The number of hydrogen-bond acceptors (Lipinski definition) is 5. The highest BCUT2D eigenvalue weighted by Gasteiger charge is 2.13. The average Bonchev–Trinajstić information content (AvgIpc) is 3.11. The molecule has 126 valence electrons. The van der Waals surface area contributed by atoms with Crippen LogP contribution >= 0.6 is 23.1 Å². The molecular weight excluding hydrogens is 338 g/mol. The van der Waals surface area contributed by atoms with Crippen LogP contribution in [-0.4, -0.2) is 40.4 Å². The van der Waals surface area contributed by atoms with Crippen molar-refractivity contribution >= 4 is 40.8 Å². The molecule has 0 spiro atoms. The van der Waals surface area contributed by atoms with Gasteiger partial charge in [0.05, 0.1) is 11.2 Å². The van der Waals surface area contributed by atoms with Gasteiger partial charge in [-0.1, -0.05) is 12.1 Å². The lowest BCUT2D eigenvalue weighted by Crippen LogP contribution is -2.32. The molecule has 0 unspecified atom stereocenters. The van der Waals surface area contributed by atoms with Gasteiger partial charge in [-0.05, 0) is 30.2 Å². The van der Waals surface area contributed by atoms with E-state index < -0.39 is 0 Å². The van der Waals surface area contributed by atoms with Crippen molar-refractivity contribution in [3.8, 4) is 0 Å². The van der Waals surface area contributed by atoms with Crippen LogP contribution in [0.3, 0.4) is 0 Å². The highest BCUT2D eigenvalue weighted by molar-refractivity contribution is 7.99. The van der Waals surface area contributed by atoms with Crippen molar-refractivity contribution in [3.05, 3.63) is 52.0 Å². The van der Waals surface area contributed by atoms with Gasteiger partial charge in [-0.15, -0.1) is 11.3 Å². The molecule has 0 aliphatic carbocycles. The number of benzene rings is 1. The maximum absolute atomic E-state index is 12.1. The maximum Gasteiger partial charge on any atom is 0.248 e. The molecule has 3 rings (SSSR count). The molecule has 0 radical (unpaired) electrons. The Bertz CT molecular complexity index is 707. The minimum atomic E-state index is -0.127. The Hall–Kier alpha value is -1.63. The Morgan fingerprint density at radius 2 is 2.21 bits per heavy atom. The van der Waals surface area contributed by atoms with Crippen molar-refractivity contribution < 1.29 is 4.79 Å². The first-order chi connectivity index (χ1) is 11.7. The number of nitrogens with one attached hydrogen (secondary N) is 1. The van der Waals surface area contributed by atoms with E-state index in [1.807, 2.05) is 29.3 Å². The van der Waals surface area contributed by atoms with Gasteiger partial charge in [-0.2, -0.15) is 11.8 Å². The zero-order valence-electron chi connectivity index (χ0n) is 13.7. The summed E-state index contributed by atoms with van der Waals surface area (Å²) >= 11 is 3.53. The van der Waals surface area contributed by atoms with Crippen LogP contribution in [0, 0.1) is 6.92 Å². The largest absolute Gasteiger partial charge is 0.322 e. The van der Waals surface area contributed by atoms with E-state index in [1.54, 1.807) is 11.6 Å². The summed E-state index contributed by atoms with van der Waals surface area (Å²) in [5.74, 6) is 2.28. The van der Waals surface area contributed by atoms with E-state index in [0.717, 1.165) is 36.6 Å². The fourth-order valence-corrected chi connectivity index (χ4v) is 4.13. The van der Waals surface area contributed by atoms with Crippen molar-refractivity contribution in [2.45, 2.75) is 13.5 Å². The molecule has 6 heteroatoms. The van der Waals surface area contributed by atoms with E-state index in [-0.39, 0.29) is 5.91 Å². The highest BCUT2D eigenvalue weighted by Crippen LogP contribution is 2.22. The van der Waals surface area contributed by atoms with Crippen LogP contribution in [0.1, 0.15) is 16.8 Å². The summed E-state index contributed by atoms with van der Waals surface area (Å²) in [6, 6.07) is 6.12. The van der Waals surface area contributed by atoms with E-state index in [1.165, 1.54) is 34.5 Å². The third kappa shape index (κ3) is 4.69. The summed E-state index contributed by atoms with van der Waals surface area (Å²) in [6.45, 7) is 5.30. The second-order valence-corrected chi connectivity index (χ2v) is 7.66. The molecule has 1 aliphatic rings. The molecule has 4 nitrogen and oxygen atoms in total. The van der Waals surface area contributed by atoms with Gasteiger partial charge in [-0.25, -0.2) is 4.98 Å². The summed E-state index contributed by atoms with van der Waals surface area (Å²) in [5.41, 5.74) is 5.87. The number of amides is 1. The number of hydrogen-bond donors (Lipinski definition) is 1. The fraction of sp³-hybridized carbons (Fsp3) is 0.333. The van der Waals surface area contributed by atoms with E-state index in [4.69, 9.17) is 0 Å². The van der Waals surface area contributed by atoms with Gasteiger partial charge in [0.1, 0.15) is 0 Å². The van der Waals surface area contributed by atoms with Crippen molar-refractivity contribution in [1.82, 2.24) is 9.88 Å². The van der Waals surface area contributed by atoms with Crippen molar-refractivity contribution in [2.75, 3.05) is 29.9 Å². The van der Waals surface area contributed by atoms with Crippen LogP contribution in [0.2, 0.25) is 0 Å². The number of aromatic nitrogens is 1. The van der Waals surface area contributed by atoms with Crippen LogP contribution in [0.15, 0.2) is 35.2 Å². The summed E-state index contributed by atoms with van der Waals surface area (Å²) in [5, 5.41) is 4.89. The number of nitrogens with zero attached hydrogens (tertiary/aromatic N) is 2. The fourth-order valence-electron chi connectivity index (χ4n) is 2.63. The first kappa shape index (κ1) is 17.2. The number of thioether (sulfide) groups is 1. The monoisotopic (exact) mass is 359 g/mol. The average molecular weight is 360 g/mol. The molecule has 1 fully saturated rings. The first-order valence-corrected chi connectivity index (χ1v) is 10.1. The molecule has 1 saturated heterocycles. The molecule has 24 heavy (non-hydrogen) atoms. The Balaban J connectivity index is 1.65. The third-order valence-electron chi connectivity index (χ3n) is 4.06. The van der Waals surface area contributed by atoms with Crippen LogP contribution < -0.4 is 5.32 Å². The van der Waals surface area contributed by atoms with Gasteiger partial charge in [0, 0.05) is 48.3 Å². The van der Waals surface area contributed by atoms with E-state index in [2.05, 4.69) is 28.2 Å². The second kappa shape index (κ2) is 8.46. The molecule has 2 heterocycles. The third-order valence-corrected chi connectivity index (χ3v) is 5.61. The van der Waals surface area contributed by atoms with Crippen LogP contribution in [0.5, 0.6) is 0 Å². The lowest BCUT2D eigenvalue weighted by Gasteiger charge is -2.27. The summed E-state index contributed by atoms with van der Waals surface area (Å²) in [7, 11) is 0. The molecule has 1 aromatic heterocycles. The quantitative estimate of drug-likeness (QED) is 0.828. The van der Waals surface area contributed by atoms with Crippen molar-refractivity contribution in [2.24, 2.45) is 0 Å². The number of thiazole rings is 1. The van der Waals surface area contributed by atoms with E-state index in [0.29, 0.717) is 0 Å². The highest BCUT2D eigenvalue weighted by atomic mass is 32.2. The van der Waals surface area contributed by atoms with Gasteiger partial charge in [0.25, 0.3) is 0 Å². The van der Waals surface area contributed by atoms with Gasteiger partial charge < -0.3 is 5.32 Å². The minimum absolute atomic E-state index is 0.127. The van der Waals surface area contributed by atoms with Crippen molar-refractivity contribution in [3.63, 3.8) is 0 Å². The van der Waals surface area contributed by atoms with E-state index >= 15 is 0 Å². The lowest BCUT2D eigenvalue weighted by atomic mass is 10.1. The van der Waals surface area contributed by atoms with Gasteiger partial charge in [0.15, 0.2) is 0 Å². The molecule has 1 amide bonds. The SMILES string of the molecule is Cc1c(CN2CCSCC2)cccc1NC(=O)/C=C/c1cscn1. The molecular formula is C18H21N3OS2. The Labute approximate surface area is 151 Å². The zero-order chi connectivity index (χ0) is 16.8. The Morgan fingerprint density at radius 1 is 1.38 bits per heavy atom. The molecule has 0 atom stereocenters. The van der Waals surface area contributed by atoms with E-state index in [9.17, 15) is 4.79 Å². The first-order valence-electron chi connectivity index (χ1n) is 7.98. The van der Waals surface area contributed by atoms with Crippen LogP contribution in [-0.2, 0) is 11.3 Å². The normalized spacial score (nSPS) is 15.7. The number of rotatable bonds is 5. The van der Waals surface area contributed by atoms with Crippen LogP contribution in [0.4, 0.5) is 5.69 Å². The molecule has 2 aromatic rings. The molecule has 0 saturated carbocycles. The van der Waals surface area contributed by atoms with Gasteiger partial charge >= 0.3 is 0 Å². The topological polar surface area (TPSA) is 45.2 Å². The molecule has 1 aromatic carbocycles. The molecule has 1 aliphatic heterocycles. The Morgan fingerprint density at radius 3 is 2.96 bits per heavy atom. The number of carbonyl (C=O) groups excluding carboxylic acids is 1. The summed E-state index contributed by atoms with van der Waals surface area (Å²) in [4.78, 5) is 18.7. The predicted molar refractivity (Wildman–Crippen MR) is 104 cm³/mol. The molecule has 1 N–H and O–H groups in total. The minimum Gasteiger partial charge on any atom is -0.322 e. The van der Waals surface area contributed by atoms with Crippen molar-refractivity contribution in [1.29, 1.82) is 0 Å². The predicted octanol–water partition coefficient (Wildman–Crippen LogP) is 3.65. The molecule has 0 bridgehead atoms. The maximum atomic E-state index is 12.1. The lowest BCUT2D eigenvalue weighted by molar-refractivity contribution is -0.111. The number of carbonyl (C=O) groups is 1. The zero-order valence-corrected chi connectivity index (χ0v) is 15.3. The smallest absolute Gasteiger partial charge is 0.248 e. The summed E-state index contributed by atoms with van der Waals surface area (Å²) in [6.07, 6.45) is 3.26.